The van der Waals surface area contributed by atoms with Gasteiger partial charge in [0.2, 0.25) is 5.91 Å². The Balaban J connectivity index is 1.23. The number of imidazole rings is 1. The first kappa shape index (κ1) is 19.5. The summed E-state index contributed by atoms with van der Waals surface area (Å²) in [6.45, 7) is 3.87. The average Bonchev–Trinajstić information content (AvgIpc) is 3.53. The Morgan fingerprint density at radius 2 is 2.03 bits per heavy atom. The molecule has 1 aliphatic rings. The molecule has 6 heteroatoms. The lowest BCUT2D eigenvalue weighted by Gasteiger charge is -2.21. The third-order valence-corrected chi connectivity index (χ3v) is 6.36. The van der Waals surface area contributed by atoms with Gasteiger partial charge in [-0.15, -0.1) is 0 Å². The lowest BCUT2D eigenvalue weighted by Crippen LogP contribution is -2.34. The predicted octanol–water partition coefficient (Wildman–Crippen LogP) is 4.30. The number of aryl methyl sites for hydroxylation is 1. The zero-order chi connectivity index (χ0) is 21.2. The molecule has 1 saturated heterocycles. The van der Waals surface area contributed by atoms with E-state index < -0.39 is 0 Å². The van der Waals surface area contributed by atoms with Gasteiger partial charge in [0.1, 0.15) is 0 Å². The van der Waals surface area contributed by atoms with Crippen molar-refractivity contribution in [3.05, 3.63) is 72.8 Å². The van der Waals surface area contributed by atoms with E-state index in [-0.39, 0.29) is 11.9 Å². The molecule has 2 atom stereocenters. The predicted molar refractivity (Wildman–Crippen MR) is 121 cm³/mol. The van der Waals surface area contributed by atoms with Gasteiger partial charge in [0.05, 0.1) is 23.6 Å². The Morgan fingerprint density at radius 3 is 2.84 bits per heavy atom. The number of likely N-dealkylation sites (tertiary alicyclic amines) is 1. The molecule has 0 bridgehead atoms. The molecule has 31 heavy (non-hydrogen) atoms. The summed E-state index contributed by atoms with van der Waals surface area (Å²) in [5.74, 6) is 0.709. The summed E-state index contributed by atoms with van der Waals surface area (Å²) in [7, 11) is 0. The number of rotatable bonds is 6. The van der Waals surface area contributed by atoms with Crippen LogP contribution in [0.25, 0.3) is 22.2 Å². The minimum atomic E-state index is 0.263. The van der Waals surface area contributed by atoms with E-state index in [1.165, 1.54) is 5.56 Å². The van der Waals surface area contributed by atoms with Crippen LogP contribution in [0.1, 0.15) is 25.3 Å². The highest BCUT2D eigenvalue weighted by molar-refractivity contribution is 5.82. The van der Waals surface area contributed by atoms with E-state index in [9.17, 15) is 4.79 Å². The van der Waals surface area contributed by atoms with Crippen LogP contribution in [0.15, 0.2) is 67.3 Å². The molecular weight excluding hydrogens is 386 g/mol. The van der Waals surface area contributed by atoms with Gasteiger partial charge in [-0.1, -0.05) is 36.4 Å². The van der Waals surface area contributed by atoms with Gasteiger partial charge in [-0.25, -0.2) is 4.98 Å². The van der Waals surface area contributed by atoms with Gasteiger partial charge in [-0.2, -0.15) is 5.10 Å². The lowest BCUT2D eigenvalue weighted by molar-refractivity contribution is -0.131. The maximum Gasteiger partial charge on any atom is 0.223 e. The van der Waals surface area contributed by atoms with Crippen molar-refractivity contribution in [1.29, 1.82) is 0 Å². The van der Waals surface area contributed by atoms with Gasteiger partial charge in [-0.05, 0) is 48.9 Å². The van der Waals surface area contributed by atoms with Crippen molar-refractivity contribution in [3.63, 3.8) is 0 Å². The fourth-order valence-corrected chi connectivity index (χ4v) is 4.74. The molecule has 1 N–H and O–H groups in total. The minimum Gasteiger partial charge on any atom is -0.340 e. The van der Waals surface area contributed by atoms with E-state index >= 15 is 0 Å². The van der Waals surface area contributed by atoms with E-state index in [0.717, 1.165) is 48.1 Å². The van der Waals surface area contributed by atoms with Crippen LogP contribution in [0, 0.1) is 5.92 Å². The highest BCUT2D eigenvalue weighted by atomic mass is 16.2. The second-order valence-corrected chi connectivity index (χ2v) is 8.57. The molecule has 6 nitrogen and oxygen atoms in total. The number of nitrogens with one attached hydrogen (secondary N) is 1. The number of H-pyrrole nitrogens is 1. The standard InChI is InChI=1S/C25H27N5O/c1-18-11-20(16-30(18)25(31)10-7-19-5-3-2-4-6-19)15-29-17-26-23-12-21(8-9-24(23)29)22-13-27-28-14-22/h2-6,8-9,12-14,17-18,20H,7,10-11,15-16H2,1H3,(H,27,28)/t18-,20-/m1/s1. The Labute approximate surface area is 181 Å². The van der Waals surface area contributed by atoms with Gasteiger partial charge in [0.25, 0.3) is 0 Å². The van der Waals surface area contributed by atoms with Gasteiger partial charge < -0.3 is 9.47 Å². The van der Waals surface area contributed by atoms with Crippen LogP contribution < -0.4 is 0 Å². The van der Waals surface area contributed by atoms with Crippen LogP contribution in [0.3, 0.4) is 0 Å². The molecule has 5 rings (SSSR count). The fraction of sp³-hybridized carbons (Fsp3) is 0.320. The highest BCUT2D eigenvalue weighted by Crippen LogP contribution is 2.28. The van der Waals surface area contributed by atoms with Crippen molar-refractivity contribution < 1.29 is 4.79 Å². The molecule has 2 aromatic carbocycles. The summed E-state index contributed by atoms with van der Waals surface area (Å²) in [4.78, 5) is 19.5. The number of aromatic nitrogens is 4. The van der Waals surface area contributed by atoms with Crippen LogP contribution in [-0.2, 0) is 17.8 Å². The smallest absolute Gasteiger partial charge is 0.223 e. The summed E-state index contributed by atoms with van der Waals surface area (Å²) < 4.78 is 2.23. The monoisotopic (exact) mass is 413 g/mol. The Kier molecular flexibility index (Phi) is 5.28. The number of hydrogen-bond donors (Lipinski definition) is 1. The molecule has 4 aromatic rings. The zero-order valence-corrected chi connectivity index (χ0v) is 17.7. The fourth-order valence-electron chi connectivity index (χ4n) is 4.74. The summed E-state index contributed by atoms with van der Waals surface area (Å²) >= 11 is 0. The van der Waals surface area contributed by atoms with Gasteiger partial charge >= 0.3 is 0 Å². The van der Waals surface area contributed by atoms with Crippen molar-refractivity contribution in [1.82, 2.24) is 24.6 Å². The maximum absolute atomic E-state index is 12.8. The Bertz CT molecular complexity index is 1170. The van der Waals surface area contributed by atoms with Gasteiger partial charge in [-0.3, -0.25) is 9.89 Å². The second-order valence-electron chi connectivity index (χ2n) is 8.57. The van der Waals surface area contributed by atoms with E-state index in [2.05, 4.69) is 61.9 Å². The van der Waals surface area contributed by atoms with Gasteiger partial charge in [0, 0.05) is 37.3 Å². The first-order valence-electron chi connectivity index (χ1n) is 10.9. The first-order chi connectivity index (χ1) is 15.2. The molecule has 0 saturated carbocycles. The number of nitrogens with zero attached hydrogens (tertiary/aromatic N) is 4. The summed E-state index contributed by atoms with van der Waals surface area (Å²) in [5.41, 5.74) is 5.51. The maximum atomic E-state index is 12.8. The quantitative estimate of drug-likeness (QED) is 0.513. The molecular formula is C25H27N5O. The Hall–Kier alpha value is -3.41. The molecule has 3 heterocycles. The largest absolute Gasteiger partial charge is 0.340 e. The number of amides is 1. The molecule has 2 aromatic heterocycles. The van der Waals surface area contributed by atoms with Crippen LogP contribution in [0.5, 0.6) is 0 Å². The van der Waals surface area contributed by atoms with E-state index in [1.54, 1.807) is 0 Å². The molecule has 1 fully saturated rings. The zero-order valence-electron chi connectivity index (χ0n) is 17.7. The SMILES string of the molecule is C[C@@H]1C[C@H](Cn2cnc3cc(-c4cn[nH]c4)ccc32)CN1C(=O)CCc1ccccc1. The molecule has 1 aliphatic heterocycles. The van der Waals surface area contributed by atoms with E-state index in [0.29, 0.717) is 12.3 Å². The molecule has 0 aliphatic carbocycles. The summed E-state index contributed by atoms with van der Waals surface area (Å²) in [6, 6.07) is 16.9. The number of benzene rings is 2. The number of hydrogen-bond acceptors (Lipinski definition) is 3. The van der Waals surface area contributed by atoms with Crippen molar-refractivity contribution in [2.45, 2.75) is 38.8 Å². The molecule has 1 amide bonds. The van der Waals surface area contributed by atoms with Crippen molar-refractivity contribution >= 4 is 16.9 Å². The second kappa shape index (κ2) is 8.38. The molecule has 0 spiro atoms. The topological polar surface area (TPSA) is 66.8 Å². The van der Waals surface area contributed by atoms with Crippen LogP contribution >= 0.6 is 0 Å². The lowest BCUT2D eigenvalue weighted by atomic mass is 10.1. The summed E-state index contributed by atoms with van der Waals surface area (Å²) in [6.07, 6.45) is 8.05. The normalized spacial score (nSPS) is 18.7. The van der Waals surface area contributed by atoms with Crippen LogP contribution in [-0.4, -0.2) is 43.1 Å². The molecule has 158 valence electrons. The van der Waals surface area contributed by atoms with E-state index in [4.69, 9.17) is 0 Å². The van der Waals surface area contributed by atoms with Gasteiger partial charge in [0.15, 0.2) is 0 Å². The third kappa shape index (κ3) is 4.10. The van der Waals surface area contributed by atoms with Crippen molar-refractivity contribution in [2.75, 3.05) is 6.54 Å². The third-order valence-electron chi connectivity index (χ3n) is 6.36. The van der Waals surface area contributed by atoms with Crippen LogP contribution in [0.2, 0.25) is 0 Å². The van der Waals surface area contributed by atoms with Crippen molar-refractivity contribution in [2.24, 2.45) is 5.92 Å². The number of aromatic amines is 1. The first-order valence-corrected chi connectivity index (χ1v) is 10.9. The number of carbonyl (C=O) groups is 1. The van der Waals surface area contributed by atoms with E-state index in [1.807, 2.05) is 36.9 Å². The number of carbonyl (C=O) groups excluding carboxylic acids is 1. The van der Waals surface area contributed by atoms with Crippen LogP contribution in [0.4, 0.5) is 0 Å². The van der Waals surface area contributed by atoms with Crippen molar-refractivity contribution in [3.8, 4) is 11.1 Å². The molecule has 0 radical (unpaired) electrons. The minimum absolute atomic E-state index is 0.263. The molecule has 0 unspecified atom stereocenters. The Morgan fingerprint density at radius 1 is 1.16 bits per heavy atom. The number of fused-ring (bicyclic) bond motifs is 1. The average molecular weight is 414 g/mol. The highest BCUT2D eigenvalue weighted by Gasteiger charge is 2.32. The summed E-state index contributed by atoms with van der Waals surface area (Å²) in [5, 5.41) is 6.89.